The molecule has 3 aromatic carbocycles. The van der Waals surface area contributed by atoms with Crippen molar-refractivity contribution in [3.8, 4) is 16.9 Å². The lowest BCUT2D eigenvalue weighted by Gasteiger charge is -2.12. The number of carbonyl (C=O) groups is 2. The van der Waals surface area contributed by atoms with Gasteiger partial charge in [0, 0.05) is 5.56 Å². The van der Waals surface area contributed by atoms with Crippen molar-refractivity contribution in [1.82, 2.24) is 10.9 Å². The van der Waals surface area contributed by atoms with Crippen molar-refractivity contribution in [3.05, 3.63) is 88.4 Å². The van der Waals surface area contributed by atoms with Gasteiger partial charge in [0.25, 0.3) is 5.91 Å². The standard InChI is InChI=1S/C22H18Cl2N2O3/c23-18-11-10-15(12-19(18)24)13-21(27)25-26-22(28)14-29-20-9-5-4-8-17(20)16-6-2-1-3-7-16/h1-12H,13-14H2,(H,25,27)(H,26,28). The zero-order chi connectivity index (χ0) is 20.6. The molecule has 148 valence electrons. The van der Waals surface area contributed by atoms with Gasteiger partial charge >= 0.3 is 0 Å². The van der Waals surface area contributed by atoms with E-state index in [4.69, 9.17) is 27.9 Å². The van der Waals surface area contributed by atoms with Crippen LogP contribution in [-0.4, -0.2) is 18.4 Å². The molecule has 3 rings (SSSR count). The van der Waals surface area contributed by atoms with Crippen LogP contribution in [0.3, 0.4) is 0 Å². The molecule has 0 spiro atoms. The highest BCUT2D eigenvalue weighted by Crippen LogP contribution is 2.29. The van der Waals surface area contributed by atoms with E-state index in [2.05, 4.69) is 10.9 Å². The van der Waals surface area contributed by atoms with Crippen LogP contribution >= 0.6 is 23.2 Å². The van der Waals surface area contributed by atoms with E-state index in [1.54, 1.807) is 24.3 Å². The Morgan fingerprint density at radius 1 is 0.793 bits per heavy atom. The van der Waals surface area contributed by atoms with Crippen molar-refractivity contribution in [3.63, 3.8) is 0 Å². The van der Waals surface area contributed by atoms with Crippen LogP contribution in [0.5, 0.6) is 5.75 Å². The quantitative estimate of drug-likeness (QED) is 0.570. The minimum absolute atomic E-state index is 0.0505. The molecule has 0 saturated heterocycles. The summed E-state index contributed by atoms with van der Waals surface area (Å²) in [7, 11) is 0. The molecule has 2 amide bonds. The molecule has 29 heavy (non-hydrogen) atoms. The minimum atomic E-state index is -0.477. The predicted octanol–water partition coefficient (Wildman–Crippen LogP) is 4.43. The van der Waals surface area contributed by atoms with Gasteiger partial charge in [-0.15, -0.1) is 0 Å². The van der Waals surface area contributed by atoms with E-state index in [1.165, 1.54) is 0 Å². The maximum Gasteiger partial charge on any atom is 0.276 e. The number of hydrogen-bond acceptors (Lipinski definition) is 3. The Labute approximate surface area is 178 Å². The number of amides is 2. The predicted molar refractivity (Wildman–Crippen MR) is 114 cm³/mol. The molecule has 0 radical (unpaired) electrons. The van der Waals surface area contributed by atoms with Gasteiger partial charge < -0.3 is 4.74 Å². The number of para-hydroxylation sites is 1. The summed E-state index contributed by atoms with van der Waals surface area (Å²) in [5.74, 6) is -0.284. The van der Waals surface area contributed by atoms with Gasteiger partial charge in [0.2, 0.25) is 5.91 Å². The molecular formula is C22H18Cl2N2O3. The molecule has 0 saturated carbocycles. The Morgan fingerprint density at radius 3 is 2.24 bits per heavy atom. The van der Waals surface area contributed by atoms with E-state index >= 15 is 0 Å². The summed E-state index contributed by atoms with van der Waals surface area (Å²) in [5, 5.41) is 0.781. The summed E-state index contributed by atoms with van der Waals surface area (Å²) in [6, 6.07) is 22.1. The van der Waals surface area contributed by atoms with E-state index in [1.807, 2.05) is 48.5 Å². The zero-order valence-electron chi connectivity index (χ0n) is 15.3. The van der Waals surface area contributed by atoms with Crippen molar-refractivity contribution >= 4 is 35.0 Å². The normalized spacial score (nSPS) is 10.3. The number of hydrazine groups is 1. The first-order valence-electron chi connectivity index (χ1n) is 8.82. The zero-order valence-corrected chi connectivity index (χ0v) is 16.8. The van der Waals surface area contributed by atoms with E-state index in [9.17, 15) is 9.59 Å². The first-order valence-corrected chi connectivity index (χ1v) is 9.57. The first kappa shape index (κ1) is 20.7. The van der Waals surface area contributed by atoms with Crippen LogP contribution in [0.2, 0.25) is 10.0 Å². The van der Waals surface area contributed by atoms with E-state index in [-0.39, 0.29) is 18.9 Å². The van der Waals surface area contributed by atoms with E-state index < -0.39 is 5.91 Å². The number of ether oxygens (including phenoxy) is 1. The molecule has 0 aromatic heterocycles. The van der Waals surface area contributed by atoms with Gasteiger partial charge in [0.05, 0.1) is 16.5 Å². The highest BCUT2D eigenvalue weighted by Gasteiger charge is 2.10. The molecule has 0 unspecified atom stereocenters. The third kappa shape index (κ3) is 5.98. The van der Waals surface area contributed by atoms with Gasteiger partial charge in [-0.05, 0) is 29.3 Å². The molecule has 0 fully saturated rings. The van der Waals surface area contributed by atoms with Crippen LogP contribution in [-0.2, 0) is 16.0 Å². The van der Waals surface area contributed by atoms with Crippen molar-refractivity contribution in [2.45, 2.75) is 6.42 Å². The van der Waals surface area contributed by atoms with Gasteiger partial charge in [0.1, 0.15) is 5.75 Å². The lowest BCUT2D eigenvalue weighted by molar-refractivity contribution is -0.129. The lowest BCUT2D eigenvalue weighted by Crippen LogP contribution is -2.44. The van der Waals surface area contributed by atoms with Gasteiger partial charge in [0.15, 0.2) is 6.61 Å². The second kappa shape index (κ2) is 9.96. The van der Waals surface area contributed by atoms with Gasteiger partial charge in [-0.2, -0.15) is 0 Å². The fraction of sp³-hybridized carbons (Fsp3) is 0.0909. The number of halogens is 2. The average Bonchev–Trinajstić information content (AvgIpc) is 2.74. The number of rotatable bonds is 6. The molecular weight excluding hydrogens is 411 g/mol. The van der Waals surface area contributed by atoms with Gasteiger partial charge in [-0.1, -0.05) is 77.8 Å². The molecule has 5 nitrogen and oxygen atoms in total. The van der Waals surface area contributed by atoms with Crippen LogP contribution in [0, 0.1) is 0 Å². The SMILES string of the molecule is O=C(COc1ccccc1-c1ccccc1)NNC(=O)Cc1ccc(Cl)c(Cl)c1. The third-order valence-electron chi connectivity index (χ3n) is 4.02. The molecule has 0 bridgehead atoms. The molecule has 0 heterocycles. The Kier molecular flexibility index (Phi) is 7.11. The van der Waals surface area contributed by atoms with Gasteiger partial charge in [-0.25, -0.2) is 0 Å². The smallest absolute Gasteiger partial charge is 0.276 e. The summed E-state index contributed by atoms with van der Waals surface area (Å²) >= 11 is 11.8. The van der Waals surface area contributed by atoms with E-state index in [0.29, 0.717) is 21.4 Å². The number of hydrogen-bond donors (Lipinski definition) is 2. The molecule has 2 N–H and O–H groups in total. The minimum Gasteiger partial charge on any atom is -0.483 e. The molecule has 0 aliphatic heterocycles. The largest absolute Gasteiger partial charge is 0.483 e. The summed E-state index contributed by atoms with van der Waals surface area (Å²) in [5.41, 5.74) is 7.23. The number of nitrogens with one attached hydrogen (secondary N) is 2. The average molecular weight is 429 g/mol. The molecule has 0 atom stereocenters. The van der Waals surface area contributed by atoms with Crippen molar-refractivity contribution in [1.29, 1.82) is 0 Å². The lowest BCUT2D eigenvalue weighted by atomic mass is 10.1. The second-order valence-corrected chi connectivity index (χ2v) is 6.99. The van der Waals surface area contributed by atoms with Crippen molar-refractivity contribution in [2.75, 3.05) is 6.61 Å². The third-order valence-corrected chi connectivity index (χ3v) is 4.76. The van der Waals surface area contributed by atoms with E-state index in [0.717, 1.165) is 11.1 Å². The van der Waals surface area contributed by atoms with Crippen LogP contribution in [0.1, 0.15) is 5.56 Å². The second-order valence-electron chi connectivity index (χ2n) is 6.17. The fourth-order valence-corrected chi connectivity index (χ4v) is 2.97. The molecule has 7 heteroatoms. The van der Waals surface area contributed by atoms with Crippen LogP contribution < -0.4 is 15.6 Å². The number of benzene rings is 3. The molecule has 0 aliphatic rings. The highest BCUT2D eigenvalue weighted by atomic mass is 35.5. The maximum absolute atomic E-state index is 12.0. The summed E-state index contributed by atoms with van der Waals surface area (Å²) in [4.78, 5) is 24.0. The van der Waals surface area contributed by atoms with Crippen LogP contribution in [0.25, 0.3) is 11.1 Å². The summed E-state index contributed by atoms with van der Waals surface area (Å²) in [6.07, 6.45) is 0.0505. The fourth-order valence-electron chi connectivity index (χ4n) is 2.65. The monoisotopic (exact) mass is 428 g/mol. The Hall–Kier alpha value is -3.02. The van der Waals surface area contributed by atoms with Crippen LogP contribution in [0.4, 0.5) is 0 Å². The van der Waals surface area contributed by atoms with Crippen molar-refractivity contribution < 1.29 is 14.3 Å². The molecule has 3 aromatic rings. The Bertz CT molecular complexity index is 1010. The maximum atomic E-state index is 12.0. The van der Waals surface area contributed by atoms with Gasteiger partial charge in [-0.3, -0.25) is 20.4 Å². The Morgan fingerprint density at radius 2 is 1.48 bits per heavy atom. The number of carbonyl (C=O) groups excluding carboxylic acids is 2. The highest BCUT2D eigenvalue weighted by molar-refractivity contribution is 6.42. The topological polar surface area (TPSA) is 67.4 Å². The first-order chi connectivity index (χ1) is 14.0. The molecule has 0 aliphatic carbocycles. The van der Waals surface area contributed by atoms with Crippen molar-refractivity contribution in [2.24, 2.45) is 0 Å². The summed E-state index contributed by atoms with van der Waals surface area (Å²) in [6.45, 7) is -0.239. The van der Waals surface area contributed by atoms with Crippen LogP contribution in [0.15, 0.2) is 72.8 Å². The summed E-state index contributed by atoms with van der Waals surface area (Å²) < 4.78 is 5.64. The Balaban J connectivity index is 1.50.